The first-order valence-corrected chi connectivity index (χ1v) is 8.82. The Kier molecular flexibility index (Phi) is 7.33. The van der Waals surface area contributed by atoms with Crippen molar-refractivity contribution in [1.29, 1.82) is 0 Å². The van der Waals surface area contributed by atoms with Gasteiger partial charge in [0.1, 0.15) is 12.4 Å². The molecule has 0 radical (unpaired) electrons. The zero-order valence-electron chi connectivity index (χ0n) is 15.8. The number of rotatable bonds is 9. The summed E-state index contributed by atoms with van der Waals surface area (Å²) in [5.41, 5.74) is 1.09. The topological polar surface area (TPSA) is 56.8 Å². The Balaban J connectivity index is 1.81. The fraction of sp³-hybridized carbons (Fsp3) is 0.381. The van der Waals surface area contributed by atoms with Gasteiger partial charge in [-0.3, -0.25) is 4.79 Å². The van der Waals surface area contributed by atoms with Gasteiger partial charge in [0.2, 0.25) is 0 Å². The number of amides is 1. The maximum Gasteiger partial charge on any atom is 0.260 e. The number of ether oxygens (including phenoxy) is 3. The number of benzene rings is 2. The van der Waals surface area contributed by atoms with Crippen LogP contribution in [0.1, 0.15) is 32.3 Å². The number of carbonyl (C=O) groups excluding carboxylic acids is 1. The molecule has 1 atom stereocenters. The first-order chi connectivity index (χ1) is 12.5. The van der Waals surface area contributed by atoms with Crippen LogP contribution in [-0.2, 0) is 4.79 Å². The molecule has 0 spiro atoms. The second-order valence-corrected chi connectivity index (χ2v) is 6.24. The normalized spacial score (nSPS) is 11.7. The van der Waals surface area contributed by atoms with Gasteiger partial charge in [0.05, 0.1) is 13.7 Å². The third-order valence-electron chi connectivity index (χ3n) is 3.94. The third-order valence-corrected chi connectivity index (χ3v) is 3.94. The van der Waals surface area contributed by atoms with E-state index in [4.69, 9.17) is 14.2 Å². The van der Waals surface area contributed by atoms with E-state index in [1.807, 2.05) is 48.5 Å². The van der Waals surface area contributed by atoms with Gasteiger partial charge in [0.25, 0.3) is 5.91 Å². The summed E-state index contributed by atoms with van der Waals surface area (Å²) in [7, 11) is 1.60. The van der Waals surface area contributed by atoms with Crippen LogP contribution in [0.15, 0.2) is 48.5 Å². The molecule has 2 rings (SSSR count). The van der Waals surface area contributed by atoms with Gasteiger partial charge >= 0.3 is 0 Å². The minimum atomic E-state index is -0.582. The van der Waals surface area contributed by atoms with Crippen LogP contribution in [0.4, 0.5) is 0 Å². The lowest BCUT2D eigenvalue weighted by Crippen LogP contribution is -2.38. The summed E-state index contributed by atoms with van der Waals surface area (Å²) in [4.78, 5) is 12.2. The van der Waals surface area contributed by atoms with Gasteiger partial charge in [0, 0.05) is 0 Å². The van der Waals surface area contributed by atoms with Crippen LogP contribution in [0, 0.1) is 0 Å². The van der Waals surface area contributed by atoms with Crippen LogP contribution < -0.4 is 19.5 Å². The molecule has 0 unspecified atom stereocenters. The molecule has 0 heterocycles. The second-order valence-electron chi connectivity index (χ2n) is 6.24. The molecule has 1 N–H and O–H groups in total. The van der Waals surface area contributed by atoms with Crippen molar-refractivity contribution in [2.75, 3.05) is 20.3 Å². The summed E-state index contributed by atoms with van der Waals surface area (Å²) < 4.78 is 16.7. The lowest BCUT2D eigenvalue weighted by atomic mass is 10.0. The zero-order valence-corrected chi connectivity index (χ0v) is 15.8. The van der Waals surface area contributed by atoms with Crippen molar-refractivity contribution < 1.29 is 19.0 Å². The fourth-order valence-corrected chi connectivity index (χ4v) is 2.53. The fourth-order valence-electron chi connectivity index (χ4n) is 2.53. The van der Waals surface area contributed by atoms with E-state index in [2.05, 4.69) is 19.2 Å². The van der Waals surface area contributed by atoms with Crippen LogP contribution in [-0.4, -0.2) is 32.3 Å². The van der Waals surface area contributed by atoms with Crippen LogP contribution in [0.5, 0.6) is 17.2 Å². The molecule has 26 heavy (non-hydrogen) atoms. The number of methoxy groups -OCH3 is 1. The standard InChI is InChI=1S/C21H27NO4/c1-15(2)17-9-5-6-10-18(17)26-16(3)21(23)22-13-14-25-20-12-8-7-11-19(20)24-4/h5-12,15-16H,13-14H2,1-4H3,(H,22,23)/t16-/m0/s1. The average Bonchev–Trinajstić information content (AvgIpc) is 2.65. The molecule has 0 bridgehead atoms. The molecule has 1 amide bonds. The van der Waals surface area contributed by atoms with Gasteiger partial charge in [0.15, 0.2) is 17.6 Å². The highest BCUT2D eigenvalue weighted by atomic mass is 16.5. The molecule has 0 aliphatic heterocycles. The maximum absolute atomic E-state index is 12.2. The van der Waals surface area contributed by atoms with Crippen molar-refractivity contribution in [2.45, 2.75) is 32.8 Å². The van der Waals surface area contributed by atoms with Crippen LogP contribution in [0.3, 0.4) is 0 Å². The Morgan fingerprint density at radius 1 is 0.962 bits per heavy atom. The molecular formula is C21H27NO4. The van der Waals surface area contributed by atoms with Crippen LogP contribution in [0.25, 0.3) is 0 Å². The Labute approximate surface area is 155 Å². The smallest absolute Gasteiger partial charge is 0.260 e. The first-order valence-electron chi connectivity index (χ1n) is 8.82. The molecule has 2 aromatic carbocycles. The monoisotopic (exact) mass is 357 g/mol. The van der Waals surface area contributed by atoms with Gasteiger partial charge in [-0.05, 0) is 36.6 Å². The van der Waals surface area contributed by atoms with Gasteiger partial charge in [-0.1, -0.05) is 44.2 Å². The van der Waals surface area contributed by atoms with Gasteiger partial charge < -0.3 is 19.5 Å². The van der Waals surface area contributed by atoms with Crippen LogP contribution >= 0.6 is 0 Å². The van der Waals surface area contributed by atoms with Crippen LogP contribution in [0.2, 0.25) is 0 Å². The molecule has 0 saturated heterocycles. The highest BCUT2D eigenvalue weighted by molar-refractivity contribution is 5.80. The predicted molar refractivity (Wildman–Crippen MR) is 102 cm³/mol. The van der Waals surface area contributed by atoms with Crippen molar-refractivity contribution in [2.24, 2.45) is 0 Å². The minimum Gasteiger partial charge on any atom is -0.493 e. The second kappa shape index (κ2) is 9.70. The summed E-state index contributed by atoms with van der Waals surface area (Å²) >= 11 is 0. The summed E-state index contributed by atoms with van der Waals surface area (Å²) in [6.45, 7) is 6.68. The molecule has 0 fully saturated rings. The van der Waals surface area contributed by atoms with E-state index in [1.165, 1.54) is 0 Å². The molecule has 0 aliphatic rings. The Morgan fingerprint density at radius 3 is 2.23 bits per heavy atom. The lowest BCUT2D eigenvalue weighted by molar-refractivity contribution is -0.127. The van der Waals surface area contributed by atoms with E-state index < -0.39 is 6.10 Å². The Hall–Kier alpha value is -2.69. The van der Waals surface area contributed by atoms with E-state index in [-0.39, 0.29) is 5.91 Å². The van der Waals surface area contributed by atoms with E-state index >= 15 is 0 Å². The van der Waals surface area contributed by atoms with Gasteiger partial charge in [-0.25, -0.2) is 0 Å². The average molecular weight is 357 g/mol. The number of hydrogen-bond donors (Lipinski definition) is 1. The molecular weight excluding hydrogens is 330 g/mol. The molecule has 5 heteroatoms. The zero-order chi connectivity index (χ0) is 18.9. The molecule has 0 aliphatic carbocycles. The first kappa shape index (κ1) is 19.6. The Morgan fingerprint density at radius 2 is 1.58 bits per heavy atom. The van der Waals surface area contributed by atoms with E-state index in [0.717, 1.165) is 11.3 Å². The predicted octanol–water partition coefficient (Wildman–Crippen LogP) is 3.78. The summed E-state index contributed by atoms with van der Waals surface area (Å²) in [5, 5.41) is 2.83. The highest BCUT2D eigenvalue weighted by Gasteiger charge is 2.16. The third kappa shape index (κ3) is 5.41. The SMILES string of the molecule is COc1ccccc1OCCNC(=O)[C@H](C)Oc1ccccc1C(C)C. The van der Waals surface area contributed by atoms with Crippen molar-refractivity contribution >= 4 is 5.91 Å². The molecule has 140 valence electrons. The molecule has 0 aromatic heterocycles. The minimum absolute atomic E-state index is 0.174. The number of nitrogens with one attached hydrogen (secondary N) is 1. The summed E-state index contributed by atoms with van der Waals surface area (Å²) in [5.74, 6) is 2.22. The Bertz CT molecular complexity index is 715. The van der Waals surface area contributed by atoms with Crippen molar-refractivity contribution in [3.63, 3.8) is 0 Å². The summed E-state index contributed by atoms with van der Waals surface area (Å²) in [6, 6.07) is 15.2. The van der Waals surface area contributed by atoms with Crippen molar-refractivity contribution in [3.05, 3.63) is 54.1 Å². The molecule has 2 aromatic rings. The van der Waals surface area contributed by atoms with E-state index in [1.54, 1.807) is 14.0 Å². The van der Waals surface area contributed by atoms with Crippen molar-refractivity contribution in [1.82, 2.24) is 5.32 Å². The van der Waals surface area contributed by atoms with E-state index in [0.29, 0.717) is 30.6 Å². The van der Waals surface area contributed by atoms with Gasteiger partial charge in [-0.2, -0.15) is 0 Å². The molecule has 5 nitrogen and oxygen atoms in total. The molecule has 0 saturated carbocycles. The van der Waals surface area contributed by atoms with E-state index in [9.17, 15) is 4.79 Å². The van der Waals surface area contributed by atoms with Crippen molar-refractivity contribution in [3.8, 4) is 17.2 Å². The number of para-hydroxylation sites is 3. The quantitative estimate of drug-likeness (QED) is 0.694. The largest absolute Gasteiger partial charge is 0.493 e. The number of carbonyl (C=O) groups is 1. The maximum atomic E-state index is 12.2. The highest BCUT2D eigenvalue weighted by Crippen LogP contribution is 2.27. The lowest BCUT2D eigenvalue weighted by Gasteiger charge is -2.18. The summed E-state index contributed by atoms with van der Waals surface area (Å²) in [6.07, 6.45) is -0.582. The number of hydrogen-bond acceptors (Lipinski definition) is 4. The van der Waals surface area contributed by atoms with Gasteiger partial charge in [-0.15, -0.1) is 0 Å².